The Labute approximate surface area is 148 Å². The third-order valence-corrected chi connectivity index (χ3v) is 5.07. The predicted molar refractivity (Wildman–Crippen MR) is 96.2 cm³/mol. The van der Waals surface area contributed by atoms with E-state index in [1.54, 1.807) is 6.20 Å². The van der Waals surface area contributed by atoms with Gasteiger partial charge < -0.3 is 10.0 Å². The first-order valence-electron chi connectivity index (χ1n) is 8.85. The number of carbonyl (C=O) groups is 1. The minimum absolute atomic E-state index is 0.0928. The highest BCUT2D eigenvalue weighted by molar-refractivity contribution is 5.92. The molecule has 2 aromatic rings. The summed E-state index contributed by atoms with van der Waals surface area (Å²) in [7, 11) is 0. The van der Waals surface area contributed by atoms with E-state index in [-0.39, 0.29) is 17.9 Å². The highest BCUT2D eigenvalue weighted by atomic mass is 16.3. The minimum Gasteiger partial charge on any atom is -0.396 e. The van der Waals surface area contributed by atoms with Crippen molar-refractivity contribution >= 4 is 5.91 Å². The molecule has 0 spiro atoms. The van der Waals surface area contributed by atoms with Gasteiger partial charge in [-0.1, -0.05) is 30.3 Å². The molecule has 1 aliphatic heterocycles. The number of piperidine rings is 1. The summed E-state index contributed by atoms with van der Waals surface area (Å²) in [6.07, 6.45) is 6.79. The van der Waals surface area contributed by atoms with E-state index in [1.807, 2.05) is 30.0 Å². The van der Waals surface area contributed by atoms with E-state index in [1.165, 1.54) is 11.8 Å². The molecule has 1 fully saturated rings. The monoisotopic (exact) mass is 339 g/mol. The lowest BCUT2D eigenvalue weighted by atomic mass is 9.76. The molecular formula is C20H25N3O2. The van der Waals surface area contributed by atoms with Crippen LogP contribution in [0.4, 0.5) is 0 Å². The molecule has 1 saturated heterocycles. The number of nitrogens with zero attached hydrogens (tertiary/aromatic N) is 3. The molecule has 1 aliphatic rings. The van der Waals surface area contributed by atoms with Crippen LogP contribution >= 0.6 is 0 Å². The lowest BCUT2D eigenvalue weighted by molar-refractivity contribution is 0.0224. The van der Waals surface area contributed by atoms with Crippen LogP contribution in [-0.2, 0) is 6.42 Å². The van der Waals surface area contributed by atoms with Crippen molar-refractivity contribution in [1.82, 2.24) is 14.9 Å². The van der Waals surface area contributed by atoms with Crippen LogP contribution in [0.5, 0.6) is 0 Å². The van der Waals surface area contributed by atoms with Crippen LogP contribution in [0.1, 0.15) is 41.0 Å². The van der Waals surface area contributed by atoms with Gasteiger partial charge in [0, 0.05) is 24.7 Å². The number of amides is 1. The van der Waals surface area contributed by atoms with Gasteiger partial charge in [0.1, 0.15) is 5.69 Å². The fourth-order valence-corrected chi connectivity index (χ4v) is 3.51. The Balaban J connectivity index is 1.69. The number of aliphatic hydroxyl groups excluding tert-OH is 1. The van der Waals surface area contributed by atoms with Crippen LogP contribution < -0.4 is 0 Å². The van der Waals surface area contributed by atoms with Gasteiger partial charge in [-0.2, -0.15) is 0 Å². The maximum absolute atomic E-state index is 12.7. The molecule has 3 rings (SSSR count). The largest absolute Gasteiger partial charge is 0.396 e. The average Bonchev–Trinajstić information content (AvgIpc) is 2.67. The molecule has 132 valence electrons. The molecule has 1 N–H and O–H groups in total. The second-order valence-electron chi connectivity index (χ2n) is 7.02. The molecule has 1 atom stereocenters. The van der Waals surface area contributed by atoms with E-state index >= 15 is 0 Å². The van der Waals surface area contributed by atoms with E-state index < -0.39 is 0 Å². The first-order valence-corrected chi connectivity index (χ1v) is 8.85. The van der Waals surface area contributed by atoms with Crippen molar-refractivity contribution < 1.29 is 9.90 Å². The fraction of sp³-hybridized carbons (Fsp3) is 0.450. The van der Waals surface area contributed by atoms with Gasteiger partial charge in [0.15, 0.2) is 0 Å². The smallest absolute Gasteiger partial charge is 0.274 e. The van der Waals surface area contributed by atoms with Crippen LogP contribution in [-0.4, -0.2) is 45.6 Å². The number of hydrogen-bond acceptors (Lipinski definition) is 4. The zero-order valence-corrected chi connectivity index (χ0v) is 14.7. The van der Waals surface area contributed by atoms with Crippen LogP contribution in [0.2, 0.25) is 0 Å². The number of likely N-dealkylation sites (tertiary alicyclic amines) is 1. The summed E-state index contributed by atoms with van der Waals surface area (Å²) in [6.45, 7) is 3.23. The van der Waals surface area contributed by atoms with Crippen molar-refractivity contribution in [2.24, 2.45) is 5.41 Å². The van der Waals surface area contributed by atoms with Crippen molar-refractivity contribution in [2.75, 3.05) is 19.7 Å². The summed E-state index contributed by atoms with van der Waals surface area (Å²) in [5.41, 5.74) is 2.20. The SMILES string of the molecule is Cc1cnc(C(=O)N2CCC[C@](CO)(CCc3ccccc3)C2)cn1. The van der Waals surface area contributed by atoms with Crippen LogP contribution in [0, 0.1) is 12.3 Å². The van der Waals surface area contributed by atoms with E-state index in [9.17, 15) is 9.90 Å². The molecule has 1 aromatic heterocycles. The summed E-state index contributed by atoms with van der Waals surface area (Å²) >= 11 is 0. The summed E-state index contributed by atoms with van der Waals surface area (Å²) < 4.78 is 0. The van der Waals surface area contributed by atoms with E-state index in [2.05, 4.69) is 22.1 Å². The summed E-state index contributed by atoms with van der Waals surface area (Å²) in [4.78, 5) is 22.9. The molecule has 0 radical (unpaired) electrons. The van der Waals surface area contributed by atoms with E-state index in [0.717, 1.165) is 31.4 Å². The topological polar surface area (TPSA) is 66.3 Å². The Morgan fingerprint density at radius 3 is 2.72 bits per heavy atom. The van der Waals surface area contributed by atoms with Gasteiger partial charge in [-0.3, -0.25) is 9.78 Å². The maximum atomic E-state index is 12.7. The number of aryl methyl sites for hydroxylation is 2. The third kappa shape index (κ3) is 4.23. The van der Waals surface area contributed by atoms with Crippen molar-refractivity contribution in [2.45, 2.75) is 32.6 Å². The van der Waals surface area contributed by atoms with Crippen molar-refractivity contribution in [3.63, 3.8) is 0 Å². The molecule has 1 aromatic carbocycles. The molecule has 1 amide bonds. The number of benzene rings is 1. The number of carbonyl (C=O) groups excluding carboxylic acids is 1. The third-order valence-electron chi connectivity index (χ3n) is 5.07. The van der Waals surface area contributed by atoms with Gasteiger partial charge in [-0.05, 0) is 38.2 Å². The van der Waals surface area contributed by atoms with Gasteiger partial charge in [0.05, 0.1) is 18.5 Å². The Hall–Kier alpha value is -2.27. The summed E-state index contributed by atoms with van der Waals surface area (Å²) in [6, 6.07) is 10.3. The molecule has 0 saturated carbocycles. The molecular weight excluding hydrogens is 314 g/mol. The number of hydrogen-bond donors (Lipinski definition) is 1. The average molecular weight is 339 g/mol. The zero-order chi connectivity index (χ0) is 17.7. The minimum atomic E-state index is -0.234. The molecule has 0 bridgehead atoms. The van der Waals surface area contributed by atoms with Crippen molar-refractivity contribution in [3.8, 4) is 0 Å². The Morgan fingerprint density at radius 2 is 2.04 bits per heavy atom. The second kappa shape index (κ2) is 7.74. The van der Waals surface area contributed by atoms with Gasteiger partial charge >= 0.3 is 0 Å². The Kier molecular flexibility index (Phi) is 5.43. The molecule has 5 nitrogen and oxygen atoms in total. The highest BCUT2D eigenvalue weighted by Crippen LogP contribution is 2.34. The van der Waals surface area contributed by atoms with Gasteiger partial charge in [0.2, 0.25) is 0 Å². The maximum Gasteiger partial charge on any atom is 0.274 e. The standard InChI is InChI=1S/C20H25N3O2/c1-16-12-22-18(13-21-16)19(25)23-11-5-9-20(14-23,15-24)10-8-17-6-3-2-4-7-17/h2-4,6-7,12-13,24H,5,8-11,14-15H2,1H3/t20-/m0/s1. The van der Waals surface area contributed by atoms with Crippen LogP contribution in [0.3, 0.4) is 0 Å². The number of aromatic nitrogens is 2. The fourth-order valence-electron chi connectivity index (χ4n) is 3.51. The van der Waals surface area contributed by atoms with Crippen LogP contribution in [0.25, 0.3) is 0 Å². The number of rotatable bonds is 5. The molecule has 25 heavy (non-hydrogen) atoms. The van der Waals surface area contributed by atoms with Gasteiger partial charge in [-0.15, -0.1) is 0 Å². The van der Waals surface area contributed by atoms with E-state index in [0.29, 0.717) is 18.8 Å². The zero-order valence-electron chi connectivity index (χ0n) is 14.7. The molecule has 0 aliphatic carbocycles. The van der Waals surface area contributed by atoms with E-state index in [4.69, 9.17) is 0 Å². The van der Waals surface area contributed by atoms with Gasteiger partial charge in [0.25, 0.3) is 5.91 Å². The quantitative estimate of drug-likeness (QED) is 0.909. The lowest BCUT2D eigenvalue weighted by Gasteiger charge is -2.42. The summed E-state index contributed by atoms with van der Waals surface area (Å²) in [5.74, 6) is -0.0928. The van der Waals surface area contributed by atoms with Crippen molar-refractivity contribution in [1.29, 1.82) is 0 Å². The lowest BCUT2D eigenvalue weighted by Crippen LogP contribution is -2.48. The first kappa shape index (κ1) is 17.5. The number of aliphatic hydroxyl groups is 1. The molecule has 0 unspecified atom stereocenters. The normalized spacial score (nSPS) is 20.5. The Bertz CT molecular complexity index is 703. The summed E-state index contributed by atoms with van der Waals surface area (Å²) in [5, 5.41) is 10.1. The highest BCUT2D eigenvalue weighted by Gasteiger charge is 2.37. The van der Waals surface area contributed by atoms with Crippen LogP contribution in [0.15, 0.2) is 42.7 Å². The Morgan fingerprint density at radius 1 is 1.24 bits per heavy atom. The van der Waals surface area contributed by atoms with Gasteiger partial charge in [-0.25, -0.2) is 4.98 Å². The first-order chi connectivity index (χ1) is 12.1. The molecule has 5 heteroatoms. The van der Waals surface area contributed by atoms with Crippen molar-refractivity contribution in [3.05, 3.63) is 59.7 Å². The second-order valence-corrected chi connectivity index (χ2v) is 7.02. The predicted octanol–water partition coefficient (Wildman–Crippen LogP) is 2.63. The molecule has 2 heterocycles.